The molecule has 7 rings (SSSR count). The number of fused-ring (bicyclic) bond motifs is 4. The smallest absolute Gasteiger partial charge is 0.340 e. The Hall–Kier alpha value is -6.12. The maximum absolute atomic E-state index is 13.2. The third-order valence-electron chi connectivity index (χ3n) is 8.12. The van der Waals surface area contributed by atoms with Crippen molar-refractivity contribution in [3.8, 4) is 0 Å². The molecule has 0 aliphatic heterocycles. The molecule has 0 saturated heterocycles. The summed E-state index contributed by atoms with van der Waals surface area (Å²) in [4.78, 5) is 50.8. The molecule has 0 bridgehead atoms. The highest BCUT2D eigenvalue weighted by molar-refractivity contribution is 7.88. The molecule has 0 amide bonds. The Morgan fingerprint density at radius 3 is 1.08 bits per heavy atom. The van der Waals surface area contributed by atoms with Crippen molar-refractivity contribution in [1.29, 1.82) is 0 Å². The first-order chi connectivity index (χ1) is 23.9. The fourth-order valence-corrected chi connectivity index (χ4v) is 7.83. The van der Waals surface area contributed by atoms with E-state index >= 15 is 0 Å². The number of para-hydroxylation sites is 4. The van der Waals surface area contributed by atoms with Crippen molar-refractivity contribution in [2.45, 2.75) is 22.9 Å². The number of rotatable bonds is 8. The van der Waals surface area contributed by atoms with E-state index in [0.29, 0.717) is 49.7 Å². The molecule has 2 heterocycles. The lowest BCUT2D eigenvalue weighted by Crippen LogP contribution is -2.22. The summed E-state index contributed by atoms with van der Waals surface area (Å²) in [6, 6.07) is 30.0. The van der Waals surface area contributed by atoms with Crippen LogP contribution >= 0.6 is 0 Å². The highest BCUT2D eigenvalue weighted by Crippen LogP contribution is 2.24. The number of nitrogens with zero attached hydrogens (tertiary/aromatic N) is 2. The standard InChI is InChI=1S/C36H24N2O10S2/c39-33(21-37-29-16-5-1-12-25(29)35(41)26-13-2-6-17-30(26)37)47-49(43,44)23-10-9-11-24(20-23)50(45,46)48-34(40)22-38-31-18-7-3-14-27(31)36(42)28-15-4-8-19-32(28)38/h1-20H,21-22H2. The van der Waals surface area contributed by atoms with Crippen molar-refractivity contribution in [3.05, 3.63) is 142 Å². The topological polar surface area (TPSA) is 165 Å². The van der Waals surface area contributed by atoms with Crippen LogP contribution in [0.1, 0.15) is 0 Å². The van der Waals surface area contributed by atoms with E-state index in [9.17, 15) is 36.0 Å². The number of benzene rings is 5. The summed E-state index contributed by atoms with van der Waals surface area (Å²) in [5.74, 6) is -2.41. The monoisotopic (exact) mass is 708 g/mol. The zero-order chi connectivity index (χ0) is 35.2. The van der Waals surface area contributed by atoms with Crippen LogP contribution in [0.3, 0.4) is 0 Å². The molecule has 0 aliphatic carbocycles. The molecule has 0 fully saturated rings. The Balaban J connectivity index is 1.14. The predicted octanol–water partition coefficient (Wildman–Crippen LogP) is 4.49. The molecule has 0 spiro atoms. The minimum Gasteiger partial charge on any atom is -0.340 e. The van der Waals surface area contributed by atoms with Crippen molar-refractivity contribution in [1.82, 2.24) is 9.13 Å². The van der Waals surface area contributed by atoms with Gasteiger partial charge in [0.1, 0.15) is 22.9 Å². The number of carbonyl (C=O) groups is 2. The molecule has 7 aromatic rings. The first kappa shape index (κ1) is 32.4. The Morgan fingerprint density at radius 1 is 0.460 bits per heavy atom. The molecule has 50 heavy (non-hydrogen) atoms. The molecule has 250 valence electrons. The SMILES string of the molecule is O=C(Cn1c2ccccc2c(=O)c2ccccc21)OS(=O)(=O)c1cccc(S(=O)(=O)OC(=O)Cn2c3ccccc3c(=O)c3ccccc32)c1. The van der Waals surface area contributed by atoms with Crippen LogP contribution in [0.5, 0.6) is 0 Å². The second-order valence-corrected chi connectivity index (χ2v) is 14.3. The Labute approximate surface area is 283 Å². The van der Waals surface area contributed by atoms with Crippen LogP contribution in [0, 0.1) is 0 Å². The zero-order valence-corrected chi connectivity index (χ0v) is 27.4. The molecule has 14 heteroatoms. The van der Waals surface area contributed by atoms with Crippen molar-refractivity contribution in [3.63, 3.8) is 0 Å². The van der Waals surface area contributed by atoms with Gasteiger partial charge in [0.25, 0.3) is 0 Å². The van der Waals surface area contributed by atoms with E-state index in [2.05, 4.69) is 0 Å². The average molecular weight is 709 g/mol. The molecule has 5 aromatic carbocycles. The van der Waals surface area contributed by atoms with Crippen LogP contribution in [-0.2, 0) is 51.3 Å². The molecule has 0 aliphatic rings. The third kappa shape index (κ3) is 5.80. The van der Waals surface area contributed by atoms with Gasteiger partial charge in [0.05, 0.1) is 22.1 Å². The minimum absolute atomic E-state index is 0.257. The summed E-state index contributed by atoms with van der Waals surface area (Å²) in [7, 11) is -9.74. The van der Waals surface area contributed by atoms with Gasteiger partial charge in [-0.05, 0) is 66.7 Å². The molecule has 0 N–H and O–H groups in total. The van der Waals surface area contributed by atoms with Gasteiger partial charge in [-0.15, -0.1) is 0 Å². The van der Waals surface area contributed by atoms with E-state index in [-0.39, 0.29) is 10.9 Å². The molecule has 0 radical (unpaired) electrons. The van der Waals surface area contributed by atoms with Crippen LogP contribution in [0.4, 0.5) is 0 Å². The van der Waals surface area contributed by atoms with Crippen molar-refractivity contribution in [2.24, 2.45) is 0 Å². The molecular formula is C36H24N2O10S2. The van der Waals surface area contributed by atoms with Gasteiger partial charge in [0.15, 0.2) is 10.9 Å². The van der Waals surface area contributed by atoms with E-state index in [1.807, 2.05) is 0 Å². The number of hydrogen-bond donors (Lipinski definition) is 0. The predicted molar refractivity (Wildman–Crippen MR) is 184 cm³/mol. The van der Waals surface area contributed by atoms with Crippen molar-refractivity contribution >= 4 is 75.8 Å². The van der Waals surface area contributed by atoms with Gasteiger partial charge >= 0.3 is 32.2 Å². The molecular weight excluding hydrogens is 685 g/mol. The number of carbonyl (C=O) groups excluding carboxylic acids is 2. The third-order valence-corrected chi connectivity index (χ3v) is 10.6. The molecule has 2 aromatic heterocycles. The van der Waals surface area contributed by atoms with E-state index in [4.69, 9.17) is 8.37 Å². The van der Waals surface area contributed by atoms with E-state index in [0.717, 1.165) is 18.2 Å². The van der Waals surface area contributed by atoms with Gasteiger partial charge < -0.3 is 17.5 Å². The summed E-state index contributed by atoms with van der Waals surface area (Å²) in [5, 5.41) is 1.26. The summed E-state index contributed by atoms with van der Waals surface area (Å²) in [6.45, 7) is -1.19. The van der Waals surface area contributed by atoms with Crippen LogP contribution < -0.4 is 10.9 Å². The first-order valence-electron chi connectivity index (χ1n) is 15.0. The molecule has 0 atom stereocenters. The van der Waals surface area contributed by atoms with Gasteiger partial charge in [-0.1, -0.05) is 54.6 Å². The number of hydrogen-bond acceptors (Lipinski definition) is 10. The highest BCUT2D eigenvalue weighted by atomic mass is 32.2. The zero-order valence-electron chi connectivity index (χ0n) is 25.8. The van der Waals surface area contributed by atoms with Crippen LogP contribution in [0.15, 0.2) is 141 Å². The van der Waals surface area contributed by atoms with E-state index < -0.39 is 55.1 Å². The summed E-state index contributed by atoms with van der Waals surface area (Å²) in [6.07, 6.45) is 0. The van der Waals surface area contributed by atoms with Gasteiger partial charge in [0, 0.05) is 21.5 Å². The lowest BCUT2D eigenvalue weighted by Gasteiger charge is -2.15. The largest absolute Gasteiger partial charge is 0.342 e. The van der Waals surface area contributed by atoms with Crippen molar-refractivity contribution < 1.29 is 34.8 Å². The maximum atomic E-state index is 13.2. The van der Waals surface area contributed by atoms with Crippen LogP contribution in [0.2, 0.25) is 0 Å². The highest BCUT2D eigenvalue weighted by Gasteiger charge is 2.27. The summed E-state index contributed by atoms with van der Waals surface area (Å²) in [5.41, 5.74) is 1.000. The average Bonchev–Trinajstić information content (AvgIpc) is 3.11. The van der Waals surface area contributed by atoms with E-state index in [1.165, 1.54) is 9.13 Å². The lowest BCUT2D eigenvalue weighted by molar-refractivity contribution is -0.135. The fourth-order valence-electron chi connectivity index (χ4n) is 5.93. The van der Waals surface area contributed by atoms with Gasteiger partial charge in [-0.3, -0.25) is 9.59 Å². The first-order valence-corrected chi connectivity index (χ1v) is 17.8. The fraction of sp³-hybridized carbons (Fsp3) is 0.0556. The lowest BCUT2D eigenvalue weighted by atomic mass is 10.1. The molecule has 0 unspecified atom stereocenters. The van der Waals surface area contributed by atoms with Crippen molar-refractivity contribution in [2.75, 3.05) is 0 Å². The Bertz CT molecular complexity index is 2580. The number of aromatic nitrogens is 2. The molecule has 12 nitrogen and oxygen atoms in total. The van der Waals surface area contributed by atoms with E-state index in [1.54, 1.807) is 97.1 Å². The minimum atomic E-state index is -4.87. The van der Waals surface area contributed by atoms with Gasteiger partial charge in [-0.25, -0.2) is 9.59 Å². The quantitative estimate of drug-likeness (QED) is 0.162. The maximum Gasteiger partial charge on any atom is 0.342 e. The summed E-state index contributed by atoms with van der Waals surface area (Å²) < 4.78 is 65.5. The Morgan fingerprint density at radius 2 is 0.760 bits per heavy atom. The second kappa shape index (κ2) is 12.4. The molecule has 0 saturated carbocycles. The van der Waals surface area contributed by atoms with Crippen LogP contribution in [0.25, 0.3) is 43.6 Å². The van der Waals surface area contributed by atoms with Gasteiger partial charge in [-0.2, -0.15) is 16.8 Å². The Kier molecular flexibility index (Phi) is 8.04. The van der Waals surface area contributed by atoms with Gasteiger partial charge in [0.2, 0.25) is 0 Å². The normalized spacial score (nSPS) is 12.0. The summed E-state index contributed by atoms with van der Waals surface area (Å²) >= 11 is 0. The number of pyridine rings is 2. The second-order valence-electron chi connectivity index (χ2n) is 11.2. The van der Waals surface area contributed by atoms with Crippen LogP contribution in [-0.4, -0.2) is 37.9 Å².